The van der Waals surface area contributed by atoms with Gasteiger partial charge in [-0.2, -0.15) is 5.26 Å². The monoisotopic (exact) mass is 306 g/mol. The molecule has 0 bridgehead atoms. The third-order valence-electron chi connectivity index (χ3n) is 3.71. The van der Waals surface area contributed by atoms with E-state index < -0.39 is 5.41 Å². The molecule has 1 heterocycles. The summed E-state index contributed by atoms with van der Waals surface area (Å²) in [5.41, 5.74) is -0.471. The van der Waals surface area contributed by atoms with Crippen LogP contribution in [-0.4, -0.2) is 10.8 Å². The average molecular weight is 307 g/mol. The number of ketones is 1. The highest BCUT2D eigenvalue weighted by Crippen LogP contribution is 2.47. The molecule has 18 heavy (non-hydrogen) atoms. The summed E-state index contributed by atoms with van der Waals surface area (Å²) in [4.78, 5) is 16.7. The maximum absolute atomic E-state index is 12.4. The number of nitriles is 1. The van der Waals surface area contributed by atoms with Crippen LogP contribution in [0.15, 0.2) is 22.8 Å². The van der Waals surface area contributed by atoms with Crippen molar-refractivity contribution in [1.82, 2.24) is 4.98 Å². The second-order valence-electron chi connectivity index (χ2n) is 5.55. The third-order valence-corrected chi connectivity index (χ3v) is 4.18. The Morgan fingerprint density at radius 2 is 2.17 bits per heavy atom. The van der Waals surface area contributed by atoms with Gasteiger partial charge in [-0.05, 0) is 40.9 Å². The van der Waals surface area contributed by atoms with Crippen LogP contribution in [0.5, 0.6) is 0 Å². The molecule has 0 saturated heterocycles. The van der Waals surface area contributed by atoms with Crippen molar-refractivity contribution in [3.63, 3.8) is 0 Å². The molecule has 0 spiro atoms. The van der Waals surface area contributed by atoms with E-state index in [9.17, 15) is 10.1 Å². The SMILES string of the molecule is CC1(C)CCC(C#N)(Cc2ccc(Br)cn2)C1=O. The lowest BCUT2D eigenvalue weighted by Crippen LogP contribution is -2.33. The molecule has 1 aliphatic rings. The van der Waals surface area contributed by atoms with Gasteiger partial charge in [-0.1, -0.05) is 13.8 Å². The molecule has 1 atom stereocenters. The molecule has 0 aliphatic heterocycles. The van der Waals surface area contributed by atoms with Gasteiger partial charge in [0.1, 0.15) is 5.41 Å². The summed E-state index contributed by atoms with van der Waals surface area (Å²) in [7, 11) is 0. The summed E-state index contributed by atoms with van der Waals surface area (Å²) in [6, 6.07) is 5.99. The first kappa shape index (κ1) is 13.2. The minimum absolute atomic E-state index is 0.0576. The van der Waals surface area contributed by atoms with Gasteiger partial charge in [-0.3, -0.25) is 9.78 Å². The zero-order valence-corrected chi connectivity index (χ0v) is 12.1. The minimum atomic E-state index is -0.885. The van der Waals surface area contributed by atoms with Gasteiger partial charge in [0.25, 0.3) is 0 Å². The quantitative estimate of drug-likeness (QED) is 0.842. The van der Waals surface area contributed by atoms with Gasteiger partial charge in [0, 0.05) is 28.2 Å². The van der Waals surface area contributed by atoms with Crippen LogP contribution in [0.25, 0.3) is 0 Å². The summed E-state index contributed by atoms with van der Waals surface area (Å²) in [5.74, 6) is 0.0576. The van der Waals surface area contributed by atoms with E-state index in [0.29, 0.717) is 12.8 Å². The van der Waals surface area contributed by atoms with Crippen molar-refractivity contribution >= 4 is 21.7 Å². The number of rotatable bonds is 2. The summed E-state index contributed by atoms with van der Waals surface area (Å²) in [6.45, 7) is 3.84. The number of hydrogen-bond donors (Lipinski definition) is 0. The van der Waals surface area contributed by atoms with Crippen molar-refractivity contribution in [3.8, 4) is 6.07 Å². The van der Waals surface area contributed by atoms with Crippen molar-refractivity contribution in [3.05, 3.63) is 28.5 Å². The van der Waals surface area contributed by atoms with Crippen LogP contribution in [0, 0.1) is 22.2 Å². The second kappa shape index (κ2) is 4.47. The van der Waals surface area contributed by atoms with E-state index in [-0.39, 0.29) is 11.2 Å². The fourth-order valence-electron chi connectivity index (χ4n) is 2.54. The molecule has 1 saturated carbocycles. The topological polar surface area (TPSA) is 53.8 Å². The molecular formula is C14H15BrN2O. The van der Waals surface area contributed by atoms with Gasteiger partial charge in [0.15, 0.2) is 5.78 Å². The van der Waals surface area contributed by atoms with Crippen LogP contribution in [0.1, 0.15) is 32.4 Å². The van der Waals surface area contributed by atoms with E-state index >= 15 is 0 Å². The van der Waals surface area contributed by atoms with Crippen molar-refractivity contribution < 1.29 is 4.79 Å². The maximum atomic E-state index is 12.4. The maximum Gasteiger partial charge on any atom is 0.159 e. The predicted octanol–water partition coefficient (Wildman–Crippen LogP) is 3.29. The number of Topliss-reactive ketones (excluding diaryl/α,β-unsaturated/α-hetero) is 1. The molecule has 1 fully saturated rings. The van der Waals surface area contributed by atoms with Crippen molar-refractivity contribution in [2.24, 2.45) is 10.8 Å². The molecule has 0 radical (unpaired) electrons. The van der Waals surface area contributed by atoms with Crippen molar-refractivity contribution in [2.45, 2.75) is 33.1 Å². The molecule has 2 rings (SSSR count). The Bertz CT molecular complexity index is 516. The summed E-state index contributed by atoms with van der Waals surface area (Å²) in [5, 5.41) is 9.43. The van der Waals surface area contributed by atoms with Crippen LogP contribution in [-0.2, 0) is 11.2 Å². The first-order valence-corrected chi connectivity index (χ1v) is 6.76. The molecule has 3 nitrogen and oxygen atoms in total. The van der Waals surface area contributed by atoms with Gasteiger partial charge < -0.3 is 0 Å². The number of pyridine rings is 1. The molecule has 94 valence electrons. The number of aromatic nitrogens is 1. The van der Waals surface area contributed by atoms with Crippen molar-refractivity contribution in [1.29, 1.82) is 5.26 Å². The Labute approximate surface area is 115 Å². The van der Waals surface area contributed by atoms with Crippen LogP contribution >= 0.6 is 15.9 Å². The van der Waals surface area contributed by atoms with Crippen molar-refractivity contribution in [2.75, 3.05) is 0 Å². The average Bonchev–Trinajstić information content (AvgIpc) is 2.57. The Balaban J connectivity index is 2.29. The molecule has 0 aromatic carbocycles. The zero-order valence-electron chi connectivity index (χ0n) is 10.5. The standard InChI is InChI=1S/C14H15BrN2O/c1-13(2)5-6-14(9-16,12(13)18)7-11-4-3-10(15)8-17-11/h3-4,8H,5-7H2,1-2H3. The molecule has 0 amide bonds. The third kappa shape index (κ3) is 2.20. The number of halogens is 1. The van der Waals surface area contributed by atoms with Crippen LogP contribution in [0.2, 0.25) is 0 Å². The van der Waals surface area contributed by atoms with Gasteiger partial charge >= 0.3 is 0 Å². The second-order valence-corrected chi connectivity index (χ2v) is 6.47. The molecule has 1 aromatic rings. The predicted molar refractivity (Wildman–Crippen MR) is 71.7 cm³/mol. The highest BCUT2D eigenvalue weighted by Gasteiger charge is 2.52. The first-order chi connectivity index (χ1) is 8.39. The Morgan fingerprint density at radius 1 is 1.44 bits per heavy atom. The number of nitrogens with zero attached hydrogens (tertiary/aromatic N) is 2. The summed E-state index contributed by atoms with van der Waals surface area (Å²) < 4.78 is 0.898. The number of carbonyl (C=O) groups is 1. The van der Waals surface area contributed by atoms with E-state index in [0.717, 1.165) is 16.6 Å². The lowest BCUT2D eigenvalue weighted by Gasteiger charge is -2.21. The smallest absolute Gasteiger partial charge is 0.159 e. The van der Waals surface area contributed by atoms with Crippen LogP contribution < -0.4 is 0 Å². The van der Waals surface area contributed by atoms with E-state index in [4.69, 9.17) is 0 Å². The zero-order chi connectivity index (χ0) is 13.4. The number of hydrogen-bond acceptors (Lipinski definition) is 3. The van der Waals surface area contributed by atoms with Crippen LogP contribution in [0.4, 0.5) is 0 Å². The van der Waals surface area contributed by atoms with Gasteiger partial charge in [-0.25, -0.2) is 0 Å². The van der Waals surface area contributed by atoms with E-state index in [1.165, 1.54) is 0 Å². The lowest BCUT2D eigenvalue weighted by atomic mass is 9.78. The molecule has 4 heteroatoms. The molecule has 1 unspecified atom stereocenters. The molecule has 0 N–H and O–H groups in total. The highest BCUT2D eigenvalue weighted by atomic mass is 79.9. The molecule has 1 aliphatic carbocycles. The van der Waals surface area contributed by atoms with E-state index in [1.807, 2.05) is 26.0 Å². The normalized spacial score (nSPS) is 26.0. The van der Waals surface area contributed by atoms with Gasteiger partial charge in [0.2, 0.25) is 0 Å². The van der Waals surface area contributed by atoms with Gasteiger partial charge in [-0.15, -0.1) is 0 Å². The Morgan fingerprint density at radius 3 is 2.61 bits per heavy atom. The Hall–Kier alpha value is -1.21. The molecular weight excluding hydrogens is 292 g/mol. The largest absolute Gasteiger partial charge is 0.297 e. The lowest BCUT2D eigenvalue weighted by molar-refractivity contribution is -0.130. The summed E-state index contributed by atoms with van der Waals surface area (Å²) >= 11 is 3.32. The van der Waals surface area contributed by atoms with Crippen LogP contribution in [0.3, 0.4) is 0 Å². The Kier molecular flexibility index (Phi) is 3.29. The first-order valence-electron chi connectivity index (χ1n) is 5.96. The van der Waals surface area contributed by atoms with Gasteiger partial charge in [0.05, 0.1) is 6.07 Å². The van der Waals surface area contributed by atoms with E-state index in [2.05, 4.69) is 27.0 Å². The fraction of sp³-hybridized carbons (Fsp3) is 0.500. The highest BCUT2D eigenvalue weighted by molar-refractivity contribution is 9.10. The number of carbonyl (C=O) groups excluding carboxylic acids is 1. The fourth-order valence-corrected chi connectivity index (χ4v) is 2.77. The summed E-state index contributed by atoms with van der Waals surface area (Å²) in [6.07, 6.45) is 3.52. The molecule has 1 aromatic heterocycles. The minimum Gasteiger partial charge on any atom is -0.297 e. The van der Waals surface area contributed by atoms with E-state index in [1.54, 1.807) is 6.20 Å².